The molecule has 1 fully saturated rings. The second kappa shape index (κ2) is 13.6. The van der Waals surface area contributed by atoms with Gasteiger partial charge >= 0.3 is 0 Å². The molecule has 5 rings (SSSR count). The van der Waals surface area contributed by atoms with Crippen molar-refractivity contribution in [2.24, 2.45) is 0 Å². The number of amides is 1. The van der Waals surface area contributed by atoms with Crippen LogP contribution in [0.2, 0.25) is 15.1 Å². The Labute approximate surface area is 262 Å². The van der Waals surface area contributed by atoms with Crippen molar-refractivity contribution in [3.63, 3.8) is 0 Å². The maximum absolute atomic E-state index is 13.7. The summed E-state index contributed by atoms with van der Waals surface area (Å²) >= 11 is 18.5. The van der Waals surface area contributed by atoms with Crippen molar-refractivity contribution < 1.29 is 13.2 Å². The van der Waals surface area contributed by atoms with E-state index in [-0.39, 0.29) is 29.9 Å². The fourth-order valence-corrected chi connectivity index (χ4v) is 7.15. The first-order valence-electron chi connectivity index (χ1n) is 13.5. The monoisotopic (exact) mass is 641 g/mol. The van der Waals surface area contributed by atoms with Gasteiger partial charge in [-0.1, -0.05) is 102 Å². The number of rotatable bonds is 9. The zero-order valence-electron chi connectivity index (χ0n) is 22.7. The summed E-state index contributed by atoms with van der Waals surface area (Å²) in [7, 11) is -4.05. The number of nitrogens with zero attached hydrogens (tertiary/aromatic N) is 3. The molecule has 10 heteroatoms. The van der Waals surface area contributed by atoms with Gasteiger partial charge in [-0.2, -0.15) is 4.31 Å². The molecule has 4 aromatic rings. The van der Waals surface area contributed by atoms with Crippen molar-refractivity contribution in [3.8, 4) is 0 Å². The molecule has 0 radical (unpaired) electrons. The predicted octanol–water partition coefficient (Wildman–Crippen LogP) is 6.77. The van der Waals surface area contributed by atoms with Crippen LogP contribution in [0.15, 0.2) is 108 Å². The Morgan fingerprint density at radius 1 is 0.738 bits per heavy atom. The van der Waals surface area contributed by atoms with E-state index in [1.54, 1.807) is 23.1 Å². The van der Waals surface area contributed by atoms with Crippen LogP contribution in [0.5, 0.6) is 0 Å². The van der Waals surface area contributed by atoms with Gasteiger partial charge in [-0.3, -0.25) is 9.69 Å². The maximum Gasteiger partial charge on any atom is 0.243 e. The lowest BCUT2D eigenvalue weighted by Crippen LogP contribution is -2.52. The van der Waals surface area contributed by atoms with Gasteiger partial charge in [0.2, 0.25) is 15.9 Å². The van der Waals surface area contributed by atoms with E-state index in [9.17, 15) is 13.2 Å². The summed E-state index contributed by atoms with van der Waals surface area (Å²) in [6.45, 7) is 1.83. The first kappa shape index (κ1) is 30.5. The number of carbonyl (C=O) groups excluding carboxylic acids is 1. The molecule has 0 aromatic heterocycles. The van der Waals surface area contributed by atoms with Crippen molar-refractivity contribution in [3.05, 3.63) is 135 Å². The molecule has 1 aliphatic rings. The first-order chi connectivity index (χ1) is 20.2. The van der Waals surface area contributed by atoms with Gasteiger partial charge in [0, 0.05) is 47.8 Å². The third-order valence-corrected chi connectivity index (χ3v) is 10.0. The molecule has 1 heterocycles. The number of halogens is 3. The van der Waals surface area contributed by atoms with Crippen LogP contribution in [0.4, 0.5) is 0 Å². The van der Waals surface area contributed by atoms with Crippen LogP contribution < -0.4 is 0 Å². The summed E-state index contributed by atoms with van der Waals surface area (Å²) in [5, 5.41) is 1.18. The zero-order valence-corrected chi connectivity index (χ0v) is 25.8. The van der Waals surface area contributed by atoms with Crippen molar-refractivity contribution in [1.82, 2.24) is 14.1 Å². The van der Waals surface area contributed by atoms with Crippen LogP contribution in [0.3, 0.4) is 0 Å². The van der Waals surface area contributed by atoms with Crippen molar-refractivity contribution >= 4 is 50.7 Å². The molecule has 0 N–H and O–H groups in total. The smallest absolute Gasteiger partial charge is 0.243 e. The van der Waals surface area contributed by atoms with Gasteiger partial charge in [0.05, 0.1) is 17.5 Å². The van der Waals surface area contributed by atoms with E-state index in [2.05, 4.69) is 29.2 Å². The first-order valence-corrected chi connectivity index (χ1v) is 16.1. The molecule has 4 aromatic carbocycles. The Kier molecular flexibility index (Phi) is 9.88. The SMILES string of the molecule is O=C(CN(Cc1ccc(Cl)cc1Cl)S(=O)(=O)c1ccc(Cl)cc1)N1CCN(C(c2ccccc2)c2ccccc2)CC1. The van der Waals surface area contributed by atoms with E-state index in [0.29, 0.717) is 46.8 Å². The molecule has 0 saturated carbocycles. The lowest BCUT2D eigenvalue weighted by atomic mass is 9.96. The highest BCUT2D eigenvalue weighted by atomic mass is 35.5. The van der Waals surface area contributed by atoms with Crippen molar-refractivity contribution in [2.75, 3.05) is 32.7 Å². The summed E-state index contributed by atoms with van der Waals surface area (Å²) in [5.74, 6) is -0.270. The van der Waals surface area contributed by atoms with E-state index >= 15 is 0 Å². The maximum atomic E-state index is 13.7. The van der Waals surface area contributed by atoms with Gasteiger partial charge in [-0.15, -0.1) is 0 Å². The largest absolute Gasteiger partial charge is 0.339 e. The highest BCUT2D eigenvalue weighted by Gasteiger charge is 2.32. The molecule has 0 aliphatic carbocycles. The number of hydrogen-bond donors (Lipinski definition) is 0. The van der Waals surface area contributed by atoms with E-state index in [4.69, 9.17) is 34.8 Å². The highest BCUT2D eigenvalue weighted by Crippen LogP contribution is 2.30. The zero-order chi connectivity index (χ0) is 29.7. The fraction of sp³-hybridized carbons (Fsp3) is 0.219. The van der Waals surface area contributed by atoms with Crippen LogP contribution >= 0.6 is 34.8 Å². The second-order valence-corrected chi connectivity index (χ2v) is 13.3. The molecule has 0 unspecified atom stereocenters. The minimum absolute atomic E-state index is 0.0446. The van der Waals surface area contributed by atoms with Crippen LogP contribution in [-0.4, -0.2) is 61.2 Å². The number of carbonyl (C=O) groups is 1. The molecule has 0 bridgehead atoms. The average Bonchev–Trinajstić information content (AvgIpc) is 3.00. The van der Waals surface area contributed by atoms with Crippen LogP contribution in [0.25, 0.3) is 0 Å². The summed E-state index contributed by atoms with van der Waals surface area (Å²) in [4.78, 5) is 17.8. The van der Waals surface area contributed by atoms with Crippen molar-refractivity contribution in [1.29, 1.82) is 0 Å². The molecule has 0 atom stereocenters. The lowest BCUT2D eigenvalue weighted by molar-refractivity contribution is -0.133. The average molecular weight is 643 g/mol. The Balaban J connectivity index is 1.34. The number of piperazine rings is 1. The lowest BCUT2D eigenvalue weighted by Gasteiger charge is -2.40. The van der Waals surface area contributed by atoms with Crippen LogP contribution in [0, 0.1) is 0 Å². The van der Waals surface area contributed by atoms with Gasteiger partial charge in [0.1, 0.15) is 0 Å². The molecule has 1 aliphatic heterocycles. The quantitative estimate of drug-likeness (QED) is 0.202. The molecule has 0 spiro atoms. The number of hydrogen-bond acceptors (Lipinski definition) is 4. The topological polar surface area (TPSA) is 60.9 Å². The molecule has 1 saturated heterocycles. The van der Waals surface area contributed by atoms with E-state index < -0.39 is 10.0 Å². The highest BCUT2D eigenvalue weighted by molar-refractivity contribution is 7.89. The number of benzene rings is 4. The van der Waals surface area contributed by atoms with Crippen molar-refractivity contribution in [2.45, 2.75) is 17.5 Å². The summed E-state index contributed by atoms with van der Waals surface area (Å²) in [6, 6.07) is 31.5. The van der Waals surface area contributed by atoms with E-state index in [1.165, 1.54) is 35.4 Å². The fourth-order valence-electron chi connectivity index (χ4n) is 5.19. The summed E-state index contributed by atoms with van der Waals surface area (Å²) in [6.07, 6.45) is 0. The molecular formula is C32H30Cl3N3O3S. The molecule has 218 valence electrons. The third kappa shape index (κ3) is 7.17. The Hall–Kier alpha value is -2.91. The molecule has 6 nitrogen and oxygen atoms in total. The van der Waals surface area contributed by atoms with Crippen LogP contribution in [0.1, 0.15) is 22.7 Å². The van der Waals surface area contributed by atoms with Gasteiger partial charge in [0.15, 0.2) is 0 Å². The Morgan fingerprint density at radius 2 is 1.29 bits per heavy atom. The number of sulfonamides is 1. The minimum Gasteiger partial charge on any atom is -0.339 e. The standard InChI is InChI=1S/C32H30Cl3N3O3S/c33-27-13-15-29(16-14-27)42(40,41)38(22-26-11-12-28(34)21-30(26)35)23-31(39)36-17-19-37(20-18-36)32(24-7-3-1-4-8-24)25-9-5-2-6-10-25/h1-16,21,32H,17-20,22-23H2. The Bertz CT molecular complexity index is 1570. The summed E-state index contributed by atoms with van der Waals surface area (Å²) < 4.78 is 28.6. The second-order valence-electron chi connectivity index (χ2n) is 10.1. The third-order valence-electron chi connectivity index (χ3n) is 7.39. The van der Waals surface area contributed by atoms with Gasteiger partial charge in [-0.25, -0.2) is 8.42 Å². The molecule has 42 heavy (non-hydrogen) atoms. The normalized spacial score (nSPS) is 14.5. The summed E-state index contributed by atoms with van der Waals surface area (Å²) in [5.41, 5.74) is 2.91. The van der Waals surface area contributed by atoms with E-state index in [1.807, 2.05) is 36.4 Å². The molecule has 1 amide bonds. The molecular weight excluding hydrogens is 613 g/mol. The van der Waals surface area contributed by atoms with Gasteiger partial charge in [0.25, 0.3) is 0 Å². The minimum atomic E-state index is -4.05. The van der Waals surface area contributed by atoms with Crippen LogP contribution in [-0.2, 0) is 21.4 Å². The van der Waals surface area contributed by atoms with Gasteiger partial charge in [-0.05, 0) is 53.1 Å². The van der Waals surface area contributed by atoms with E-state index in [0.717, 1.165) is 4.31 Å². The predicted molar refractivity (Wildman–Crippen MR) is 168 cm³/mol. The Morgan fingerprint density at radius 3 is 1.83 bits per heavy atom. The van der Waals surface area contributed by atoms with Gasteiger partial charge < -0.3 is 4.90 Å².